The quantitative estimate of drug-likeness (QED) is 0.810. The molecule has 0 aliphatic rings. The van der Waals surface area contributed by atoms with E-state index < -0.39 is 0 Å². The number of nitrogens with zero attached hydrogens (tertiary/aromatic N) is 1. The van der Waals surface area contributed by atoms with E-state index in [0.717, 1.165) is 18.7 Å². The number of nitrogens with one attached hydrogen (secondary N) is 1. The van der Waals surface area contributed by atoms with E-state index in [1.807, 2.05) is 0 Å². The van der Waals surface area contributed by atoms with Crippen LogP contribution in [0.4, 0.5) is 5.82 Å². The molecular weight excluding hydrogens is 311 g/mol. The maximum atomic E-state index is 6.12. The summed E-state index contributed by atoms with van der Waals surface area (Å²) in [4.78, 5) is 4.32. The molecule has 1 N–H and O–H groups in total. The summed E-state index contributed by atoms with van der Waals surface area (Å²) < 4.78 is 10.8. The van der Waals surface area contributed by atoms with Gasteiger partial charge in [0, 0.05) is 6.54 Å². The number of methoxy groups -OCH3 is 1. The Morgan fingerprint density at radius 1 is 1.10 bits per heavy atom. The van der Waals surface area contributed by atoms with Crippen molar-refractivity contribution in [1.82, 2.24) is 4.98 Å². The highest BCUT2D eigenvalue weighted by Gasteiger charge is 2.11. The third kappa shape index (κ3) is 4.16. The van der Waals surface area contributed by atoms with Gasteiger partial charge in [0.15, 0.2) is 0 Å². The Balaban J connectivity index is 2.21. The number of anilines is 1. The molecule has 112 valence electrons. The van der Waals surface area contributed by atoms with Crippen molar-refractivity contribution in [3.63, 3.8) is 0 Å². The van der Waals surface area contributed by atoms with Crippen LogP contribution >= 0.6 is 23.2 Å². The van der Waals surface area contributed by atoms with Crippen LogP contribution in [0.3, 0.4) is 0 Å². The Morgan fingerprint density at radius 2 is 1.76 bits per heavy atom. The molecular formula is C15H16Cl2N2O2. The first-order chi connectivity index (χ1) is 10.1. The highest BCUT2D eigenvalue weighted by atomic mass is 35.5. The van der Waals surface area contributed by atoms with Gasteiger partial charge in [0.2, 0.25) is 5.88 Å². The van der Waals surface area contributed by atoms with E-state index in [1.165, 1.54) is 0 Å². The summed E-state index contributed by atoms with van der Waals surface area (Å²) in [5, 5.41) is 3.96. The van der Waals surface area contributed by atoms with Gasteiger partial charge in [0.05, 0.1) is 12.1 Å². The van der Waals surface area contributed by atoms with Crippen LogP contribution in [0.25, 0.3) is 0 Å². The molecule has 0 amide bonds. The molecule has 6 heteroatoms. The van der Waals surface area contributed by atoms with Crippen molar-refractivity contribution in [2.24, 2.45) is 0 Å². The molecule has 0 saturated carbocycles. The van der Waals surface area contributed by atoms with Crippen molar-refractivity contribution >= 4 is 29.0 Å². The second-order valence-corrected chi connectivity index (χ2v) is 5.12. The van der Waals surface area contributed by atoms with E-state index in [2.05, 4.69) is 17.2 Å². The lowest BCUT2D eigenvalue weighted by Crippen LogP contribution is -2.03. The number of halogens is 2. The summed E-state index contributed by atoms with van der Waals surface area (Å²) in [6, 6.07) is 8.78. The van der Waals surface area contributed by atoms with E-state index in [9.17, 15) is 0 Å². The summed E-state index contributed by atoms with van der Waals surface area (Å²) in [5.74, 6) is 2.24. The van der Waals surface area contributed by atoms with Crippen LogP contribution in [0.1, 0.15) is 13.3 Å². The number of ether oxygens (including phenoxy) is 2. The van der Waals surface area contributed by atoms with Gasteiger partial charge < -0.3 is 14.8 Å². The average molecular weight is 327 g/mol. The lowest BCUT2D eigenvalue weighted by molar-refractivity contribution is 0.412. The topological polar surface area (TPSA) is 43.4 Å². The third-order valence-corrected chi connectivity index (χ3v) is 3.27. The van der Waals surface area contributed by atoms with Crippen molar-refractivity contribution in [2.45, 2.75) is 13.3 Å². The third-order valence-electron chi connectivity index (χ3n) is 2.71. The largest absolute Gasteiger partial charge is 0.497 e. The SMILES string of the molecule is CCCNc1nc(Oc2ccc(OC)cc2)c(Cl)cc1Cl. The van der Waals surface area contributed by atoms with Gasteiger partial charge >= 0.3 is 0 Å². The number of benzene rings is 1. The minimum absolute atomic E-state index is 0.310. The second-order valence-electron chi connectivity index (χ2n) is 4.31. The highest BCUT2D eigenvalue weighted by Crippen LogP contribution is 2.33. The first-order valence-electron chi connectivity index (χ1n) is 6.56. The Morgan fingerprint density at radius 3 is 2.38 bits per heavy atom. The van der Waals surface area contributed by atoms with Gasteiger partial charge in [-0.3, -0.25) is 0 Å². The molecule has 0 aliphatic heterocycles. The van der Waals surface area contributed by atoms with Gasteiger partial charge in [-0.1, -0.05) is 30.1 Å². The molecule has 0 saturated heterocycles. The van der Waals surface area contributed by atoms with Crippen LogP contribution in [0, 0.1) is 0 Å². The minimum atomic E-state index is 0.310. The predicted molar refractivity (Wildman–Crippen MR) is 86.1 cm³/mol. The van der Waals surface area contributed by atoms with Gasteiger partial charge in [0.1, 0.15) is 22.3 Å². The Hall–Kier alpha value is -1.65. The molecule has 2 rings (SSSR count). The van der Waals surface area contributed by atoms with Crippen LogP contribution in [-0.4, -0.2) is 18.6 Å². The normalized spacial score (nSPS) is 10.3. The number of rotatable bonds is 6. The van der Waals surface area contributed by atoms with Gasteiger partial charge in [-0.2, -0.15) is 4.98 Å². The van der Waals surface area contributed by atoms with Crippen molar-refractivity contribution in [3.8, 4) is 17.4 Å². The molecule has 21 heavy (non-hydrogen) atoms. The van der Waals surface area contributed by atoms with Crippen LogP contribution in [0.15, 0.2) is 30.3 Å². The van der Waals surface area contributed by atoms with Crippen LogP contribution in [0.2, 0.25) is 10.0 Å². The van der Waals surface area contributed by atoms with Gasteiger partial charge in [-0.05, 0) is 36.8 Å². The summed E-state index contributed by atoms with van der Waals surface area (Å²) in [6.45, 7) is 2.84. The molecule has 0 bridgehead atoms. The predicted octanol–water partition coefficient (Wildman–Crippen LogP) is 5.01. The summed E-state index contributed by atoms with van der Waals surface area (Å²) in [6.07, 6.45) is 0.968. The number of hydrogen-bond donors (Lipinski definition) is 1. The Labute approximate surface area is 134 Å². The van der Waals surface area contributed by atoms with Crippen molar-refractivity contribution in [3.05, 3.63) is 40.4 Å². The van der Waals surface area contributed by atoms with Gasteiger partial charge in [-0.25, -0.2) is 0 Å². The average Bonchev–Trinajstić information content (AvgIpc) is 2.49. The smallest absolute Gasteiger partial charge is 0.240 e. The molecule has 2 aromatic rings. The second kappa shape index (κ2) is 7.38. The zero-order valence-corrected chi connectivity index (χ0v) is 13.3. The van der Waals surface area contributed by atoms with Crippen LogP contribution < -0.4 is 14.8 Å². The Bertz CT molecular complexity index is 603. The molecule has 1 heterocycles. The first-order valence-corrected chi connectivity index (χ1v) is 7.31. The van der Waals surface area contributed by atoms with E-state index in [1.54, 1.807) is 37.4 Å². The maximum Gasteiger partial charge on any atom is 0.240 e. The molecule has 0 spiro atoms. The molecule has 4 nitrogen and oxygen atoms in total. The molecule has 0 atom stereocenters. The summed E-state index contributed by atoms with van der Waals surface area (Å²) in [7, 11) is 1.61. The molecule has 0 fully saturated rings. The number of hydrogen-bond acceptors (Lipinski definition) is 4. The molecule has 0 unspecified atom stereocenters. The zero-order valence-electron chi connectivity index (χ0n) is 11.8. The molecule has 0 radical (unpaired) electrons. The summed E-state index contributed by atoms with van der Waals surface area (Å²) in [5.41, 5.74) is 0. The van der Waals surface area contributed by atoms with Gasteiger partial charge in [-0.15, -0.1) is 0 Å². The summed E-state index contributed by atoms with van der Waals surface area (Å²) >= 11 is 12.2. The molecule has 1 aromatic heterocycles. The monoisotopic (exact) mass is 326 g/mol. The first kappa shape index (κ1) is 15.7. The van der Waals surface area contributed by atoms with E-state index in [-0.39, 0.29) is 0 Å². The zero-order chi connectivity index (χ0) is 15.2. The lowest BCUT2D eigenvalue weighted by atomic mass is 10.3. The number of aromatic nitrogens is 1. The van der Waals surface area contributed by atoms with Crippen molar-refractivity contribution in [2.75, 3.05) is 19.0 Å². The molecule has 1 aromatic carbocycles. The minimum Gasteiger partial charge on any atom is -0.497 e. The van der Waals surface area contributed by atoms with Gasteiger partial charge in [0.25, 0.3) is 0 Å². The fourth-order valence-corrected chi connectivity index (χ4v) is 2.11. The number of pyridine rings is 1. The van der Waals surface area contributed by atoms with Crippen molar-refractivity contribution < 1.29 is 9.47 Å². The fraction of sp³-hybridized carbons (Fsp3) is 0.267. The molecule has 0 aliphatic carbocycles. The fourth-order valence-electron chi connectivity index (χ4n) is 1.64. The van der Waals surface area contributed by atoms with Crippen molar-refractivity contribution in [1.29, 1.82) is 0 Å². The highest BCUT2D eigenvalue weighted by molar-refractivity contribution is 6.36. The standard InChI is InChI=1S/C15H16Cl2N2O2/c1-3-8-18-14-12(16)9-13(17)15(19-14)21-11-6-4-10(20-2)5-7-11/h4-7,9H,3,8H2,1-2H3,(H,18,19). The maximum absolute atomic E-state index is 6.12. The van der Waals surface area contributed by atoms with Crippen LogP contribution in [-0.2, 0) is 0 Å². The Kier molecular flexibility index (Phi) is 5.53. The van der Waals surface area contributed by atoms with E-state index in [0.29, 0.717) is 27.5 Å². The van der Waals surface area contributed by atoms with E-state index >= 15 is 0 Å². The van der Waals surface area contributed by atoms with E-state index in [4.69, 9.17) is 32.7 Å². The lowest BCUT2D eigenvalue weighted by Gasteiger charge is -2.11. The van der Waals surface area contributed by atoms with Crippen LogP contribution in [0.5, 0.6) is 17.4 Å².